The predicted octanol–water partition coefficient (Wildman–Crippen LogP) is 2.19. The van der Waals surface area contributed by atoms with Gasteiger partial charge in [-0.25, -0.2) is 12.1 Å². The zero-order chi connectivity index (χ0) is 7.11. The topological polar surface area (TPSA) is 0 Å². The van der Waals surface area contributed by atoms with E-state index in [1.807, 2.05) is 30.3 Å². The molecule has 1 rings (SSSR count). The van der Waals surface area contributed by atoms with Crippen molar-refractivity contribution in [1.29, 1.82) is 0 Å². The molecule has 0 N–H and O–H groups in total. The second kappa shape index (κ2) is 6.57. The molecule has 0 radical (unpaired) electrons. The van der Waals surface area contributed by atoms with E-state index in [1.54, 1.807) is 23.3 Å². The van der Waals surface area contributed by atoms with Crippen molar-refractivity contribution >= 4 is 5.43 Å². The average molecular weight is 214 g/mol. The Hall–Kier alpha value is 0.450. The monoisotopic (exact) mass is 213 g/mol. The van der Waals surface area contributed by atoms with Gasteiger partial charge in [0.1, 0.15) is 0 Å². The number of rotatable bonds is 0. The summed E-state index contributed by atoms with van der Waals surface area (Å²) in [7, 11) is 0. The van der Waals surface area contributed by atoms with Crippen molar-refractivity contribution in [3.05, 3.63) is 30.3 Å². The molecule has 48 valence electrons. The van der Waals surface area contributed by atoms with Crippen LogP contribution in [0.4, 0.5) is 0 Å². The Bertz CT molecular complexity index is 123. The molecule has 1 aromatic carbocycles. The van der Waals surface area contributed by atoms with Crippen LogP contribution in [0.3, 0.4) is 0 Å². The van der Waals surface area contributed by atoms with Gasteiger partial charge in [0.2, 0.25) is 0 Å². The van der Waals surface area contributed by atoms with Crippen LogP contribution in [0.5, 0.6) is 0 Å². The van der Waals surface area contributed by atoms with Crippen LogP contribution in [0.1, 0.15) is 0 Å². The average Bonchev–Trinajstić information content (AvgIpc) is 2.11. The van der Waals surface area contributed by atoms with Crippen LogP contribution < -0.4 is 0 Å². The molecule has 0 heterocycles. The van der Waals surface area contributed by atoms with Crippen molar-refractivity contribution in [3.63, 3.8) is 0 Å². The summed E-state index contributed by atoms with van der Waals surface area (Å²) < 4.78 is 0. The van der Waals surface area contributed by atoms with Crippen LogP contribution >= 0.6 is 0 Å². The van der Waals surface area contributed by atoms with Gasteiger partial charge in [0.25, 0.3) is 0 Å². The van der Waals surface area contributed by atoms with Gasteiger partial charge in [-0.1, -0.05) is 0 Å². The Labute approximate surface area is 72.0 Å². The third-order valence-corrected chi connectivity index (χ3v) is 0.556. The second-order valence-electron chi connectivity index (χ2n) is 1.96. The van der Waals surface area contributed by atoms with Gasteiger partial charge in [-0.2, -0.15) is 18.2 Å². The van der Waals surface area contributed by atoms with E-state index >= 15 is 0 Å². The van der Waals surface area contributed by atoms with Crippen molar-refractivity contribution in [3.8, 4) is 0 Å². The normalized spacial score (nSPS) is 7.22. The minimum absolute atomic E-state index is 0.210. The van der Waals surface area contributed by atoms with Gasteiger partial charge in [-0.05, 0) is 0 Å². The maximum Gasteiger partial charge on any atom is -0.172 e. The molecule has 0 aliphatic rings. The molecule has 0 aliphatic heterocycles. The van der Waals surface area contributed by atoms with Crippen LogP contribution in [0, 0.1) is 0 Å². The van der Waals surface area contributed by atoms with Gasteiger partial charge in [0, 0.05) is 0 Å². The number of hydrogen-bond acceptors (Lipinski definition) is 0. The molecule has 0 nitrogen and oxygen atoms in total. The molecular formula is C7H11SiZr-. The van der Waals surface area contributed by atoms with E-state index in [0.717, 1.165) is 0 Å². The van der Waals surface area contributed by atoms with E-state index in [2.05, 4.69) is 13.1 Å². The first-order valence-electron chi connectivity index (χ1n) is 2.92. The van der Waals surface area contributed by atoms with Gasteiger partial charge in [0.05, 0.1) is 0 Å². The summed E-state index contributed by atoms with van der Waals surface area (Å²) in [6, 6.07) is 10.0. The molecule has 0 aromatic heterocycles. The minimum atomic E-state index is 0.210. The van der Waals surface area contributed by atoms with Gasteiger partial charge >= 0.3 is 41.9 Å². The van der Waals surface area contributed by atoms with Crippen molar-refractivity contribution in [1.82, 2.24) is 0 Å². The van der Waals surface area contributed by atoms with E-state index < -0.39 is 0 Å². The summed E-state index contributed by atoms with van der Waals surface area (Å²) in [6.07, 6.45) is 0. The summed E-state index contributed by atoms with van der Waals surface area (Å²) in [5.41, 5.74) is 0.210. The van der Waals surface area contributed by atoms with Crippen molar-refractivity contribution in [2.24, 2.45) is 0 Å². The van der Waals surface area contributed by atoms with E-state index in [0.29, 0.717) is 0 Å². The summed E-state index contributed by atoms with van der Waals surface area (Å²) >= 11 is 1.74. The first-order valence-corrected chi connectivity index (χ1v) is 9.10. The Morgan fingerprint density at radius 3 is 1.67 bits per heavy atom. The molecule has 0 saturated carbocycles. The zero-order valence-electron chi connectivity index (χ0n) is 5.89. The van der Waals surface area contributed by atoms with Crippen LogP contribution in [-0.4, -0.2) is 5.43 Å². The van der Waals surface area contributed by atoms with E-state index in [-0.39, 0.29) is 5.43 Å². The van der Waals surface area contributed by atoms with Crippen LogP contribution in [0.25, 0.3) is 0 Å². The summed E-state index contributed by atoms with van der Waals surface area (Å²) in [5.74, 6) is 0. The molecule has 0 spiro atoms. The summed E-state index contributed by atoms with van der Waals surface area (Å²) in [4.78, 5) is 0. The quantitative estimate of drug-likeness (QED) is 0.459. The maximum atomic E-state index is 2.31. The molecule has 0 unspecified atom stereocenters. The van der Waals surface area contributed by atoms with Gasteiger partial charge in [-0.3, -0.25) is 0 Å². The standard InChI is InChI=1S/C5H5.C2H6Si.Zr/c1-2-4-5-3-1;1-3-2;/h1-5H;1-2H3;/q-1;;. The Kier molecular flexibility index (Phi) is 6.90. The molecule has 0 saturated heterocycles. The third kappa shape index (κ3) is 11.8. The maximum absolute atomic E-state index is 2.31. The second-order valence-corrected chi connectivity index (χ2v) is 11.3. The van der Waals surface area contributed by atoms with E-state index in [4.69, 9.17) is 0 Å². The molecular weight excluding hydrogens is 203 g/mol. The van der Waals surface area contributed by atoms with Gasteiger partial charge < -0.3 is 0 Å². The van der Waals surface area contributed by atoms with Gasteiger partial charge in [-0.15, -0.1) is 0 Å². The van der Waals surface area contributed by atoms with Crippen molar-refractivity contribution < 1.29 is 23.3 Å². The first kappa shape index (κ1) is 9.45. The Morgan fingerprint density at radius 2 is 1.56 bits per heavy atom. The summed E-state index contributed by atoms with van der Waals surface area (Å²) in [5, 5.41) is 0. The van der Waals surface area contributed by atoms with Gasteiger partial charge in [0.15, 0.2) is 0 Å². The molecule has 1 aromatic rings. The minimum Gasteiger partial charge on any atom is -0.214 e. The Morgan fingerprint density at radius 1 is 1.22 bits per heavy atom. The smallest absolute Gasteiger partial charge is 0.172 e. The van der Waals surface area contributed by atoms with Crippen molar-refractivity contribution in [2.75, 3.05) is 0 Å². The van der Waals surface area contributed by atoms with E-state index in [9.17, 15) is 0 Å². The van der Waals surface area contributed by atoms with Crippen LogP contribution in [-0.2, 0) is 23.3 Å². The van der Waals surface area contributed by atoms with E-state index in [1.165, 1.54) is 0 Å². The molecule has 9 heavy (non-hydrogen) atoms. The third-order valence-electron chi connectivity index (χ3n) is 0.556. The fraction of sp³-hybridized carbons (Fsp3) is 0.286. The molecule has 0 bridgehead atoms. The first-order chi connectivity index (χ1) is 4.23. The Balaban J connectivity index is 0.000000148. The van der Waals surface area contributed by atoms with Crippen LogP contribution in [0.2, 0.25) is 13.1 Å². The molecule has 0 fully saturated rings. The summed E-state index contributed by atoms with van der Waals surface area (Å²) in [6.45, 7) is 4.62. The zero-order valence-corrected chi connectivity index (χ0v) is 9.34. The van der Waals surface area contributed by atoms with Crippen LogP contribution in [0.15, 0.2) is 30.3 Å². The fourth-order valence-corrected chi connectivity index (χ4v) is 0.321. The molecule has 2 heteroatoms. The number of hydrogen-bond donors (Lipinski definition) is 0. The molecule has 0 aliphatic carbocycles. The molecule has 0 amide bonds. The molecule has 0 atom stereocenters. The fourth-order valence-electron chi connectivity index (χ4n) is 0.321. The SMILES string of the molecule is C[Si](C)=[Zr].c1cc[cH-]c1. The van der Waals surface area contributed by atoms with Crippen molar-refractivity contribution in [2.45, 2.75) is 13.1 Å². The predicted molar refractivity (Wildman–Crippen MR) is 39.5 cm³/mol. The largest absolute Gasteiger partial charge is 0.214 e.